The summed E-state index contributed by atoms with van der Waals surface area (Å²) in [5.41, 5.74) is 6.07. The fourth-order valence-electron chi connectivity index (χ4n) is 4.12. The largest absolute Gasteiger partial charge is 0.507 e. The van der Waals surface area contributed by atoms with Crippen LogP contribution in [0.3, 0.4) is 0 Å². The summed E-state index contributed by atoms with van der Waals surface area (Å²) in [6.07, 6.45) is 0. The van der Waals surface area contributed by atoms with Gasteiger partial charge in [-0.25, -0.2) is 0 Å². The fourth-order valence-corrected chi connectivity index (χ4v) is 4.12. The molecule has 1 amide bonds. The molecule has 1 fully saturated rings. The van der Waals surface area contributed by atoms with Crippen molar-refractivity contribution >= 4 is 23.1 Å². The normalized spacial score (nSPS) is 17.5. The van der Waals surface area contributed by atoms with E-state index in [1.54, 1.807) is 25.3 Å². The smallest absolute Gasteiger partial charge is 0.300 e. The molecule has 1 N–H and O–H groups in total. The van der Waals surface area contributed by atoms with Crippen LogP contribution in [0.4, 0.5) is 5.69 Å². The van der Waals surface area contributed by atoms with E-state index in [4.69, 9.17) is 4.74 Å². The number of carbonyl (C=O) groups excluding carboxylic acids is 2. The van der Waals surface area contributed by atoms with E-state index >= 15 is 0 Å². The number of aliphatic hydroxyl groups is 1. The van der Waals surface area contributed by atoms with Gasteiger partial charge in [0.25, 0.3) is 11.7 Å². The number of methoxy groups -OCH3 is 1. The molecule has 0 bridgehead atoms. The second-order valence-corrected chi connectivity index (χ2v) is 8.51. The summed E-state index contributed by atoms with van der Waals surface area (Å²) >= 11 is 0. The summed E-state index contributed by atoms with van der Waals surface area (Å²) in [5.74, 6) is -0.881. The predicted octanol–water partition coefficient (Wildman–Crippen LogP) is 5.56. The molecular weight excluding hydrogens is 414 g/mol. The van der Waals surface area contributed by atoms with Crippen LogP contribution in [0.2, 0.25) is 0 Å². The molecule has 0 saturated carbocycles. The number of amides is 1. The molecule has 3 aromatic carbocycles. The maximum atomic E-state index is 13.3. The highest BCUT2D eigenvalue weighted by atomic mass is 16.5. The van der Waals surface area contributed by atoms with Gasteiger partial charge in [-0.1, -0.05) is 30.3 Å². The molecule has 4 rings (SSSR count). The summed E-state index contributed by atoms with van der Waals surface area (Å²) in [4.78, 5) is 28.0. The van der Waals surface area contributed by atoms with Crippen LogP contribution < -0.4 is 9.64 Å². The van der Waals surface area contributed by atoms with Crippen LogP contribution in [0.5, 0.6) is 5.75 Å². The van der Waals surface area contributed by atoms with Gasteiger partial charge in [0, 0.05) is 11.3 Å². The molecule has 1 aliphatic heterocycles. The van der Waals surface area contributed by atoms with E-state index in [-0.39, 0.29) is 11.3 Å². The van der Waals surface area contributed by atoms with Gasteiger partial charge < -0.3 is 9.84 Å². The Hall–Kier alpha value is -3.86. The van der Waals surface area contributed by atoms with Crippen molar-refractivity contribution in [3.05, 3.63) is 99.6 Å². The molecule has 0 spiro atoms. The topological polar surface area (TPSA) is 66.8 Å². The summed E-state index contributed by atoms with van der Waals surface area (Å²) in [7, 11) is 1.58. The Morgan fingerprint density at radius 3 is 2.00 bits per heavy atom. The van der Waals surface area contributed by atoms with Crippen LogP contribution in [-0.2, 0) is 9.59 Å². The molecule has 1 aliphatic rings. The third-order valence-corrected chi connectivity index (χ3v) is 6.42. The molecule has 168 valence electrons. The summed E-state index contributed by atoms with van der Waals surface area (Å²) in [6.45, 7) is 7.89. The lowest BCUT2D eigenvalue weighted by Gasteiger charge is -2.26. The zero-order valence-corrected chi connectivity index (χ0v) is 19.5. The number of anilines is 1. The molecule has 5 heteroatoms. The Balaban J connectivity index is 1.95. The summed E-state index contributed by atoms with van der Waals surface area (Å²) in [6, 6.07) is 17.6. The van der Waals surface area contributed by atoms with E-state index < -0.39 is 17.7 Å². The Bertz CT molecular complexity index is 1290. The van der Waals surface area contributed by atoms with Crippen LogP contribution in [0, 0.1) is 27.7 Å². The van der Waals surface area contributed by atoms with E-state index in [1.807, 2.05) is 70.2 Å². The van der Waals surface area contributed by atoms with E-state index in [0.717, 1.165) is 22.3 Å². The van der Waals surface area contributed by atoms with Crippen molar-refractivity contribution in [2.24, 2.45) is 0 Å². The number of Topliss-reactive ketones (excluding diaryl/α,β-unsaturated/α-hetero) is 1. The molecule has 3 aromatic rings. The molecule has 0 aromatic heterocycles. The first-order valence-corrected chi connectivity index (χ1v) is 10.8. The van der Waals surface area contributed by atoms with Crippen molar-refractivity contribution in [2.75, 3.05) is 12.0 Å². The van der Waals surface area contributed by atoms with Gasteiger partial charge in [-0.3, -0.25) is 14.5 Å². The maximum Gasteiger partial charge on any atom is 0.300 e. The predicted molar refractivity (Wildman–Crippen MR) is 130 cm³/mol. The maximum absolute atomic E-state index is 13.3. The average molecular weight is 442 g/mol. The fraction of sp³-hybridized carbons (Fsp3) is 0.214. The van der Waals surface area contributed by atoms with Crippen molar-refractivity contribution in [3.8, 4) is 5.75 Å². The number of aliphatic hydroxyl groups excluding tert-OH is 1. The molecule has 1 saturated heterocycles. The number of hydrogen-bond donors (Lipinski definition) is 1. The monoisotopic (exact) mass is 441 g/mol. The van der Waals surface area contributed by atoms with Crippen LogP contribution in [0.15, 0.2) is 66.2 Å². The molecule has 33 heavy (non-hydrogen) atoms. The van der Waals surface area contributed by atoms with Gasteiger partial charge in [-0.15, -0.1) is 0 Å². The third kappa shape index (κ3) is 3.91. The minimum Gasteiger partial charge on any atom is -0.507 e. The highest BCUT2D eigenvalue weighted by Gasteiger charge is 2.47. The van der Waals surface area contributed by atoms with E-state index in [2.05, 4.69) is 0 Å². The molecular formula is C28H27NO4. The first-order valence-electron chi connectivity index (χ1n) is 10.8. The average Bonchev–Trinajstić information content (AvgIpc) is 3.07. The van der Waals surface area contributed by atoms with Gasteiger partial charge in [-0.2, -0.15) is 0 Å². The van der Waals surface area contributed by atoms with Crippen LogP contribution in [0.25, 0.3) is 5.76 Å². The molecule has 0 radical (unpaired) electrons. The summed E-state index contributed by atoms with van der Waals surface area (Å²) < 4.78 is 5.27. The van der Waals surface area contributed by atoms with Gasteiger partial charge in [0.2, 0.25) is 0 Å². The Morgan fingerprint density at radius 2 is 1.42 bits per heavy atom. The number of ether oxygens (including phenoxy) is 1. The lowest BCUT2D eigenvalue weighted by atomic mass is 9.94. The van der Waals surface area contributed by atoms with Gasteiger partial charge in [-0.05, 0) is 85.8 Å². The minimum atomic E-state index is -0.764. The number of nitrogens with zero attached hydrogens (tertiary/aromatic N) is 1. The molecule has 1 unspecified atom stereocenters. The second-order valence-electron chi connectivity index (χ2n) is 8.51. The highest BCUT2D eigenvalue weighted by molar-refractivity contribution is 6.51. The Kier molecular flexibility index (Phi) is 5.81. The van der Waals surface area contributed by atoms with Gasteiger partial charge >= 0.3 is 0 Å². The van der Waals surface area contributed by atoms with Crippen molar-refractivity contribution in [2.45, 2.75) is 33.7 Å². The molecule has 1 heterocycles. The molecule has 1 atom stereocenters. The van der Waals surface area contributed by atoms with Gasteiger partial charge in [0.15, 0.2) is 0 Å². The first kappa shape index (κ1) is 22.3. The number of carbonyl (C=O) groups is 2. The van der Waals surface area contributed by atoms with Gasteiger partial charge in [0.1, 0.15) is 11.5 Å². The quantitative estimate of drug-likeness (QED) is 0.327. The molecule has 5 nitrogen and oxygen atoms in total. The van der Waals surface area contributed by atoms with Crippen LogP contribution in [0.1, 0.15) is 39.4 Å². The number of rotatable bonds is 4. The SMILES string of the molecule is COc1ccc(C2/C(=C(\O)c3ccc(C)c(C)c3)C(=O)C(=O)N2c2ccc(C)c(C)c2)cc1. The van der Waals surface area contributed by atoms with Crippen LogP contribution in [-0.4, -0.2) is 23.9 Å². The first-order chi connectivity index (χ1) is 15.7. The van der Waals surface area contributed by atoms with Crippen molar-refractivity contribution in [1.29, 1.82) is 0 Å². The van der Waals surface area contributed by atoms with Gasteiger partial charge in [0.05, 0.1) is 18.7 Å². The van der Waals surface area contributed by atoms with E-state index in [1.165, 1.54) is 4.90 Å². The van der Waals surface area contributed by atoms with Crippen molar-refractivity contribution in [3.63, 3.8) is 0 Å². The third-order valence-electron chi connectivity index (χ3n) is 6.42. The lowest BCUT2D eigenvalue weighted by molar-refractivity contribution is -0.132. The van der Waals surface area contributed by atoms with Crippen molar-refractivity contribution in [1.82, 2.24) is 0 Å². The van der Waals surface area contributed by atoms with Crippen LogP contribution >= 0.6 is 0 Å². The van der Waals surface area contributed by atoms with E-state index in [0.29, 0.717) is 22.6 Å². The second kappa shape index (κ2) is 8.58. The zero-order valence-electron chi connectivity index (χ0n) is 19.5. The number of aryl methyl sites for hydroxylation is 4. The summed E-state index contributed by atoms with van der Waals surface area (Å²) in [5, 5.41) is 11.3. The zero-order chi connectivity index (χ0) is 23.9. The van der Waals surface area contributed by atoms with E-state index in [9.17, 15) is 14.7 Å². The van der Waals surface area contributed by atoms with Crippen molar-refractivity contribution < 1.29 is 19.4 Å². The Morgan fingerprint density at radius 1 is 0.818 bits per heavy atom. The minimum absolute atomic E-state index is 0.0756. The molecule has 0 aliphatic carbocycles. The number of ketones is 1. The highest BCUT2D eigenvalue weighted by Crippen LogP contribution is 2.43. The number of hydrogen-bond acceptors (Lipinski definition) is 4. The lowest BCUT2D eigenvalue weighted by Crippen LogP contribution is -2.29. The number of benzene rings is 3. The Labute approximate surface area is 193 Å². The standard InChI is InChI=1S/C28H27NO4/c1-16-6-8-21(14-18(16)3)26(30)24-25(20-9-12-23(33-5)13-10-20)29(28(32)27(24)31)22-11-7-17(2)19(4)15-22/h6-15,25,30H,1-5H3/b26-24+.